The van der Waals surface area contributed by atoms with Crippen molar-refractivity contribution in [2.24, 2.45) is 0 Å². The molecule has 6 heteroatoms. The van der Waals surface area contributed by atoms with Gasteiger partial charge in [-0.05, 0) is 24.6 Å². The van der Waals surface area contributed by atoms with Gasteiger partial charge in [0.25, 0.3) is 0 Å². The second-order valence-corrected chi connectivity index (χ2v) is 6.68. The van der Waals surface area contributed by atoms with Gasteiger partial charge in [-0.25, -0.2) is 8.42 Å². The normalized spacial score (nSPS) is 12.1. The van der Waals surface area contributed by atoms with Gasteiger partial charge >= 0.3 is 0 Å². The topological polar surface area (TPSA) is 37.4 Å². The van der Waals surface area contributed by atoms with E-state index in [2.05, 4.69) is 0 Å². The lowest BCUT2D eigenvalue weighted by atomic mass is 10.3. The molecule has 0 saturated carbocycles. The van der Waals surface area contributed by atoms with Crippen molar-refractivity contribution in [2.45, 2.75) is 31.6 Å². The lowest BCUT2D eigenvalue weighted by molar-refractivity contribution is 0.419. The molecule has 0 heterocycles. The Morgan fingerprint density at radius 2 is 1.83 bits per heavy atom. The van der Waals surface area contributed by atoms with Crippen molar-refractivity contribution < 1.29 is 8.42 Å². The van der Waals surface area contributed by atoms with Crippen LogP contribution in [0.15, 0.2) is 23.1 Å². The van der Waals surface area contributed by atoms with Crippen LogP contribution in [0.5, 0.6) is 0 Å². The van der Waals surface area contributed by atoms with Gasteiger partial charge in [0, 0.05) is 13.1 Å². The summed E-state index contributed by atoms with van der Waals surface area (Å²) in [4.78, 5) is 0.190. The monoisotopic (exact) mass is 309 g/mol. The SMILES string of the molecule is CCCCN(CC)S(=O)(=O)c1ccc(Cl)c(Cl)c1. The lowest BCUT2D eigenvalue weighted by Gasteiger charge is -2.20. The Morgan fingerprint density at radius 1 is 1.17 bits per heavy atom. The number of hydrogen-bond acceptors (Lipinski definition) is 2. The number of rotatable bonds is 6. The van der Waals surface area contributed by atoms with Crippen molar-refractivity contribution in [3.8, 4) is 0 Å². The van der Waals surface area contributed by atoms with Gasteiger partial charge in [-0.1, -0.05) is 43.5 Å². The number of halogens is 2. The van der Waals surface area contributed by atoms with E-state index < -0.39 is 10.0 Å². The van der Waals surface area contributed by atoms with E-state index in [1.807, 2.05) is 13.8 Å². The van der Waals surface area contributed by atoms with E-state index in [0.717, 1.165) is 12.8 Å². The van der Waals surface area contributed by atoms with Crippen molar-refractivity contribution in [2.75, 3.05) is 13.1 Å². The highest BCUT2D eigenvalue weighted by molar-refractivity contribution is 7.89. The standard InChI is InChI=1S/C12H17Cl2NO2S/c1-3-5-8-15(4-2)18(16,17)10-6-7-11(13)12(14)9-10/h6-7,9H,3-5,8H2,1-2H3. The number of nitrogens with zero attached hydrogens (tertiary/aromatic N) is 1. The average molecular weight is 310 g/mol. The molecule has 1 aromatic carbocycles. The minimum atomic E-state index is -3.47. The van der Waals surface area contributed by atoms with E-state index in [1.165, 1.54) is 22.5 Å². The molecule has 0 aliphatic heterocycles. The van der Waals surface area contributed by atoms with E-state index >= 15 is 0 Å². The van der Waals surface area contributed by atoms with E-state index in [1.54, 1.807) is 0 Å². The highest BCUT2D eigenvalue weighted by Gasteiger charge is 2.23. The predicted octanol–water partition coefficient (Wildman–Crippen LogP) is 3.80. The van der Waals surface area contributed by atoms with E-state index in [4.69, 9.17) is 23.2 Å². The number of hydrogen-bond donors (Lipinski definition) is 0. The summed E-state index contributed by atoms with van der Waals surface area (Å²) in [5.41, 5.74) is 0. The Morgan fingerprint density at radius 3 is 2.33 bits per heavy atom. The molecule has 0 aliphatic rings. The van der Waals surface area contributed by atoms with Gasteiger partial charge in [0.1, 0.15) is 0 Å². The molecule has 0 N–H and O–H groups in total. The van der Waals surface area contributed by atoms with Crippen molar-refractivity contribution in [1.29, 1.82) is 0 Å². The maximum Gasteiger partial charge on any atom is 0.243 e. The molecule has 0 bridgehead atoms. The summed E-state index contributed by atoms with van der Waals surface area (Å²) in [7, 11) is -3.47. The van der Waals surface area contributed by atoms with Crippen molar-refractivity contribution in [1.82, 2.24) is 4.31 Å². The van der Waals surface area contributed by atoms with Crippen LogP contribution in [0.1, 0.15) is 26.7 Å². The first-order chi connectivity index (χ1) is 8.43. The Bertz CT molecular complexity index is 503. The van der Waals surface area contributed by atoms with Crippen LogP contribution >= 0.6 is 23.2 Å². The zero-order valence-electron chi connectivity index (χ0n) is 10.5. The van der Waals surface area contributed by atoms with Gasteiger partial charge in [-0.2, -0.15) is 4.31 Å². The fraction of sp³-hybridized carbons (Fsp3) is 0.500. The van der Waals surface area contributed by atoms with Crippen LogP contribution in [0.4, 0.5) is 0 Å². The maximum absolute atomic E-state index is 12.4. The van der Waals surface area contributed by atoms with Crippen molar-refractivity contribution in [3.05, 3.63) is 28.2 Å². The first kappa shape index (κ1) is 15.8. The van der Waals surface area contributed by atoms with Crippen LogP contribution in [0.25, 0.3) is 0 Å². The van der Waals surface area contributed by atoms with Gasteiger partial charge in [-0.3, -0.25) is 0 Å². The van der Waals surface area contributed by atoms with Gasteiger partial charge in [0.05, 0.1) is 14.9 Å². The van der Waals surface area contributed by atoms with Crippen LogP contribution in [-0.2, 0) is 10.0 Å². The predicted molar refractivity (Wildman–Crippen MR) is 75.8 cm³/mol. The van der Waals surface area contributed by atoms with E-state index in [0.29, 0.717) is 18.1 Å². The second kappa shape index (κ2) is 6.75. The molecule has 0 saturated heterocycles. The molecule has 18 heavy (non-hydrogen) atoms. The molecular weight excluding hydrogens is 293 g/mol. The number of unbranched alkanes of at least 4 members (excludes halogenated alkanes) is 1. The summed E-state index contributed by atoms with van der Waals surface area (Å²) in [5.74, 6) is 0. The average Bonchev–Trinajstić information content (AvgIpc) is 2.33. The molecule has 0 spiro atoms. The lowest BCUT2D eigenvalue weighted by Crippen LogP contribution is -2.31. The van der Waals surface area contributed by atoms with Crippen molar-refractivity contribution in [3.63, 3.8) is 0 Å². The van der Waals surface area contributed by atoms with Crippen LogP contribution in [-0.4, -0.2) is 25.8 Å². The van der Waals surface area contributed by atoms with Gasteiger partial charge < -0.3 is 0 Å². The summed E-state index contributed by atoms with van der Waals surface area (Å²) in [6, 6.07) is 4.39. The van der Waals surface area contributed by atoms with Crippen LogP contribution < -0.4 is 0 Å². The first-order valence-electron chi connectivity index (χ1n) is 5.88. The van der Waals surface area contributed by atoms with Crippen LogP contribution in [0.3, 0.4) is 0 Å². The molecule has 3 nitrogen and oxygen atoms in total. The fourth-order valence-corrected chi connectivity index (χ4v) is 3.45. The number of benzene rings is 1. The summed E-state index contributed by atoms with van der Waals surface area (Å²) in [6.45, 7) is 4.82. The highest BCUT2D eigenvalue weighted by Crippen LogP contribution is 2.26. The Labute approximate surface area is 119 Å². The molecule has 1 rings (SSSR count). The largest absolute Gasteiger partial charge is 0.243 e. The van der Waals surface area contributed by atoms with Crippen molar-refractivity contribution >= 4 is 33.2 Å². The molecule has 0 fully saturated rings. The molecule has 0 unspecified atom stereocenters. The summed E-state index contributed by atoms with van der Waals surface area (Å²) >= 11 is 11.6. The minimum absolute atomic E-state index is 0.190. The Hall–Kier alpha value is -0.290. The smallest absolute Gasteiger partial charge is 0.207 e. The zero-order valence-corrected chi connectivity index (χ0v) is 12.8. The van der Waals surface area contributed by atoms with E-state index in [9.17, 15) is 8.42 Å². The second-order valence-electron chi connectivity index (χ2n) is 3.93. The zero-order chi connectivity index (χ0) is 13.8. The third kappa shape index (κ3) is 3.60. The minimum Gasteiger partial charge on any atom is -0.207 e. The first-order valence-corrected chi connectivity index (χ1v) is 8.08. The number of sulfonamides is 1. The molecule has 0 aliphatic carbocycles. The molecule has 0 amide bonds. The van der Waals surface area contributed by atoms with Crippen LogP contribution in [0.2, 0.25) is 10.0 Å². The van der Waals surface area contributed by atoms with Crippen LogP contribution in [0, 0.1) is 0 Å². The van der Waals surface area contributed by atoms with Gasteiger partial charge in [0.15, 0.2) is 0 Å². The highest BCUT2D eigenvalue weighted by atomic mass is 35.5. The molecule has 0 radical (unpaired) electrons. The molecule has 0 aromatic heterocycles. The quantitative estimate of drug-likeness (QED) is 0.801. The Kier molecular flexibility index (Phi) is 5.92. The summed E-state index contributed by atoms with van der Waals surface area (Å²) in [6.07, 6.45) is 1.79. The molecule has 1 aromatic rings. The van der Waals surface area contributed by atoms with E-state index in [-0.39, 0.29) is 9.92 Å². The summed E-state index contributed by atoms with van der Waals surface area (Å²) < 4.78 is 26.2. The van der Waals surface area contributed by atoms with Gasteiger partial charge in [0.2, 0.25) is 10.0 Å². The maximum atomic E-state index is 12.4. The third-order valence-electron chi connectivity index (χ3n) is 2.64. The molecular formula is C12H17Cl2NO2S. The third-order valence-corrected chi connectivity index (χ3v) is 5.35. The Balaban J connectivity index is 3.06. The fourth-order valence-electron chi connectivity index (χ4n) is 1.57. The molecule has 102 valence electrons. The van der Waals surface area contributed by atoms with Gasteiger partial charge in [-0.15, -0.1) is 0 Å². The molecule has 0 atom stereocenters. The summed E-state index contributed by atoms with van der Waals surface area (Å²) in [5, 5.41) is 0.608.